The maximum absolute atomic E-state index is 10.4. The van der Waals surface area contributed by atoms with Crippen LogP contribution >= 0.6 is 0 Å². The van der Waals surface area contributed by atoms with E-state index in [0.717, 1.165) is 19.3 Å². The largest absolute Gasteiger partial charge is 0.481 e. The molecule has 2 unspecified atom stereocenters. The third-order valence-corrected chi connectivity index (χ3v) is 2.74. The van der Waals surface area contributed by atoms with Crippen LogP contribution in [0.3, 0.4) is 0 Å². The van der Waals surface area contributed by atoms with Crippen molar-refractivity contribution in [3.63, 3.8) is 0 Å². The number of hydrogen-bond acceptors (Lipinski definition) is 2. The molecule has 1 rings (SSSR count). The maximum atomic E-state index is 10.4. The van der Waals surface area contributed by atoms with E-state index in [1.807, 2.05) is 6.92 Å². The van der Waals surface area contributed by atoms with E-state index in [2.05, 4.69) is 0 Å². The first-order valence-electron chi connectivity index (χ1n) is 4.05. The number of carbonyl (C=O) groups is 1. The second-order valence-corrected chi connectivity index (χ2v) is 3.60. The third kappa shape index (κ3) is 1.71. The van der Waals surface area contributed by atoms with Crippen molar-refractivity contribution in [3.8, 4) is 0 Å². The summed E-state index contributed by atoms with van der Waals surface area (Å²) in [5, 5.41) is 8.58. The van der Waals surface area contributed by atoms with Gasteiger partial charge in [-0.25, -0.2) is 0 Å². The summed E-state index contributed by atoms with van der Waals surface area (Å²) in [6.45, 7) is 2.04. The zero-order chi connectivity index (χ0) is 8.48. The van der Waals surface area contributed by atoms with E-state index in [1.54, 1.807) is 0 Å². The second kappa shape index (κ2) is 2.81. The normalized spacial score (nSPS) is 37.5. The van der Waals surface area contributed by atoms with E-state index in [9.17, 15) is 4.79 Å². The van der Waals surface area contributed by atoms with Gasteiger partial charge in [0.05, 0.1) is 6.42 Å². The van der Waals surface area contributed by atoms with Crippen LogP contribution in [0.5, 0.6) is 0 Å². The molecule has 0 amide bonds. The molecule has 0 aliphatic heterocycles. The topological polar surface area (TPSA) is 63.3 Å². The Morgan fingerprint density at radius 1 is 1.82 bits per heavy atom. The number of aliphatic carboxylic acids is 1. The van der Waals surface area contributed by atoms with Crippen LogP contribution in [0.2, 0.25) is 0 Å². The fourth-order valence-corrected chi connectivity index (χ4v) is 1.82. The van der Waals surface area contributed by atoms with Crippen LogP contribution in [0, 0.1) is 5.92 Å². The molecule has 1 fully saturated rings. The van der Waals surface area contributed by atoms with Gasteiger partial charge < -0.3 is 10.8 Å². The Bertz CT molecular complexity index is 169. The molecule has 3 heteroatoms. The Kier molecular flexibility index (Phi) is 2.18. The van der Waals surface area contributed by atoms with Gasteiger partial charge in [0.15, 0.2) is 0 Å². The van der Waals surface area contributed by atoms with Crippen LogP contribution < -0.4 is 5.73 Å². The monoisotopic (exact) mass is 157 g/mol. The molecular formula is C8H15NO2. The summed E-state index contributed by atoms with van der Waals surface area (Å²) in [7, 11) is 0. The van der Waals surface area contributed by atoms with Crippen LogP contribution in [-0.2, 0) is 4.79 Å². The molecular weight excluding hydrogens is 142 g/mol. The van der Waals surface area contributed by atoms with Crippen LogP contribution in [-0.4, -0.2) is 16.6 Å². The molecule has 0 heterocycles. The molecule has 1 saturated carbocycles. The van der Waals surface area contributed by atoms with E-state index in [4.69, 9.17) is 10.8 Å². The molecule has 0 aromatic rings. The molecule has 3 N–H and O–H groups in total. The van der Waals surface area contributed by atoms with Crippen molar-refractivity contribution in [2.45, 2.75) is 38.1 Å². The van der Waals surface area contributed by atoms with Gasteiger partial charge in [0.25, 0.3) is 0 Å². The van der Waals surface area contributed by atoms with E-state index >= 15 is 0 Å². The zero-order valence-electron chi connectivity index (χ0n) is 6.84. The summed E-state index contributed by atoms with van der Waals surface area (Å²) in [4.78, 5) is 10.4. The average molecular weight is 157 g/mol. The Balaban J connectivity index is 2.58. The minimum absolute atomic E-state index is 0.119. The number of carboxylic acids is 1. The molecule has 0 radical (unpaired) electrons. The lowest BCUT2D eigenvalue weighted by Gasteiger charge is -2.26. The lowest BCUT2D eigenvalue weighted by molar-refractivity contribution is -0.138. The Morgan fingerprint density at radius 2 is 2.45 bits per heavy atom. The van der Waals surface area contributed by atoms with E-state index in [-0.39, 0.29) is 6.42 Å². The van der Waals surface area contributed by atoms with Gasteiger partial charge in [0, 0.05) is 5.54 Å². The van der Waals surface area contributed by atoms with Crippen LogP contribution in [0.4, 0.5) is 0 Å². The Hall–Kier alpha value is -0.570. The van der Waals surface area contributed by atoms with Gasteiger partial charge >= 0.3 is 5.97 Å². The quantitative estimate of drug-likeness (QED) is 0.628. The van der Waals surface area contributed by atoms with E-state index < -0.39 is 11.5 Å². The van der Waals surface area contributed by atoms with Gasteiger partial charge in [-0.2, -0.15) is 0 Å². The summed E-state index contributed by atoms with van der Waals surface area (Å²) in [5.74, 6) is -0.417. The van der Waals surface area contributed by atoms with Crippen molar-refractivity contribution in [3.05, 3.63) is 0 Å². The standard InChI is InChI=1S/C8H15NO2/c1-6-3-2-4-8(6,9)5-7(10)11/h6H,2-5,9H2,1H3,(H,10,11). The lowest BCUT2D eigenvalue weighted by atomic mass is 9.86. The summed E-state index contributed by atoms with van der Waals surface area (Å²) in [6.07, 6.45) is 3.13. The fourth-order valence-electron chi connectivity index (χ4n) is 1.82. The van der Waals surface area contributed by atoms with Crippen molar-refractivity contribution in [2.24, 2.45) is 11.7 Å². The molecule has 0 spiro atoms. The Morgan fingerprint density at radius 3 is 2.82 bits per heavy atom. The van der Waals surface area contributed by atoms with Gasteiger partial charge in [0.2, 0.25) is 0 Å². The highest BCUT2D eigenvalue weighted by Crippen LogP contribution is 2.35. The third-order valence-electron chi connectivity index (χ3n) is 2.74. The molecule has 0 aromatic heterocycles. The molecule has 3 nitrogen and oxygen atoms in total. The van der Waals surface area contributed by atoms with E-state index in [1.165, 1.54) is 0 Å². The van der Waals surface area contributed by atoms with E-state index in [0.29, 0.717) is 5.92 Å². The zero-order valence-corrected chi connectivity index (χ0v) is 6.84. The minimum atomic E-state index is -0.777. The highest BCUT2D eigenvalue weighted by atomic mass is 16.4. The number of hydrogen-bond donors (Lipinski definition) is 2. The van der Waals surface area contributed by atoms with Gasteiger partial charge in [0.1, 0.15) is 0 Å². The predicted molar refractivity (Wildman–Crippen MR) is 42.2 cm³/mol. The van der Waals surface area contributed by atoms with Crippen molar-refractivity contribution in [1.82, 2.24) is 0 Å². The van der Waals surface area contributed by atoms with Gasteiger partial charge in [-0.05, 0) is 18.8 Å². The average Bonchev–Trinajstić information content (AvgIpc) is 2.11. The van der Waals surface area contributed by atoms with Crippen molar-refractivity contribution in [1.29, 1.82) is 0 Å². The molecule has 0 bridgehead atoms. The SMILES string of the molecule is CC1CCCC1(N)CC(=O)O. The van der Waals surface area contributed by atoms with Crippen LogP contribution in [0.1, 0.15) is 32.6 Å². The molecule has 1 aliphatic rings. The highest BCUT2D eigenvalue weighted by molar-refractivity contribution is 5.68. The van der Waals surface area contributed by atoms with Gasteiger partial charge in [-0.3, -0.25) is 4.79 Å². The summed E-state index contributed by atoms with van der Waals surface area (Å²) >= 11 is 0. The second-order valence-electron chi connectivity index (χ2n) is 3.60. The van der Waals surface area contributed by atoms with Crippen LogP contribution in [0.15, 0.2) is 0 Å². The number of rotatable bonds is 2. The molecule has 0 aromatic carbocycles. The summed E-state index contributed by atoms with van der Waals surface area (Å²) < 4.78 is 0. The molecule has 64 valence electrons. The van der Waals surface area contributed by atoms with Gasteiger partial charge in [-0.1, -0.05) is 13.3 Å². The van der Waals surface area contributed by atoms with Crippen LogP contribution in [0.25, 0.3) is 0 Å². The smallest absolute Gasteiger partial charge is 0.305 e. The maximum Gasteiger partial charge on any atom is 0.305 e. The lowest BCUT2D eigenvalue weighted by Crippen LogP contribution is -2.44. The van der Waals surface area contributed by atoms with Crippen molar-refractivity contribution < 1.29 is 9.90 Å². The predicted octanol–water partition coefficient (Wildman–Crippen LogP) is 0.979. The summed E-state index contributed by atoms with van der Waals surface area (Å²) in [5.41, 5.74) is 5.50. The first kappa shape index (κ1) is 8.53. The fraction of sp³-hybridized carbons (Fsp3) is 0.875. The van der Waals surface area contributed by atoms with Crippen molar-refractivity contribution in [2.75, 3.05) is 0 Å². The molecule has 2 atom stereocenters. The minimum Gasteiger partial charge on any atom is -0.481 e. The van der Waals surface area contributed by atoms with Gasteiger partial charge in [-0.15, -0.1) is 0 Å². The molecule has 1 aliphatic carbocycles. The summed E-state index contributed by atoms with van der Waals surface area (Å²) in [6, 6.07) is 0. The number of carboxylic acid groups (broad SMARTS) is 1. The first-order valence-corrected chi connectivity index (χ1v) is 4.05. The van der Waals surface area contributed by atoms with Crippen molar-refractivity contribution >= 4 is 5.97 Å². The highest BCUT2D eigenvalue weighted by Gasteiger charge is 2.38. The number of nitrogens with two attached hydrogens (primary N) is 1. The first-order chi connectivity index (χ1) is 5.04. The molecule has 0 saturated heterocycles. The Labute approximate surface area is 66.6 Å². The molecule has 11 heavy (non-hydrogen) atoms.